The Morgan fingerprint density at radius 2 is 1.94 bits per heavy atom. The molecule has 0 saturated carbocycles. The summed E-state index contributed by atoms with van der Waals surface area (Å²) in [6.07, 6.45) is -0.910. The van der Waals surface area contributed by atoms with Gasteiger partial charge in [0.1, 0.15) is 30.0 Å². The number of hydrogen-bond donors (Lipinski definition) is 1. The first-order valence-corrected chi connectivity index (χ1v) is 5.34. The normalized spacial score (nSPS) is 12.4. The zero-order valence-corrected chi connectivity index (χ0v) is 9.52. The van der Waals surface area contributed by atoms with Gasteiger partial charge in [-0.2, -0.15) is 0 Å². The van der Waals surface area contributed by atoms with Gasteiger partial charge in [0.2, 0.25) is 0 Å². The van der Waals surface area contributed by atoms with Crippen LogP contribution >= 0.6 is 11.6 Å². The van der Waals surface area contributed by atoms with Crippen molar-refractivity contribution in [1.29, 1.82) is 0 Å². The van der Waals surface area contributed by atoms with Crippen LogP contribution in [-0.2, 0) is 0 Å². The van der Waals surface area contributed by atoms with Crippen LogP contribution in [0.25, 0.3) is 0 Å². The summed E-state index contributed by atoms with van der Waals surface area (Å²) in [7, 11) is 0. The summed E-state index contributed by atoms with van der Waals surface area (Å²) in [5.41, 5.74) is 0. The minimum Gasteiger partial charge on any atom is -0.490 e. The molecule has 1 unspecified atom stereocenters. The number of benzene rings is 1. The summed E-state index contributed by atoms with van der Waals surface area (Å²) in [5, 5.41) is 9.91. The van der Waals surface area contributed by atoms with Crippen LogP contribution in [0, 0.1) is 5.82 Å². The third-order valence-corrected chi connectivity index (χ3v) is 2.35. The number of hydrogen-bond acceptors (Lipinski definition) is 3. The smallest absolute Gasteiger partial charge is 0.193 e. The van der Waals surface area contributed by atoms with Crippen LogP contribution in [0.1, 0.15) is 11.9 Å². The molecule has 0 amide bonds. The van der Waals surface area contributed by atoms with Crippen molar-refractivity contribution in [2.45, 2.75) is 6.10 Å². The molecule has 0 aliphatic carbocycles. The van der Waals surface area contributed by atoms with E-state index in [1.807, 2.05) is 0 Å². The maximum absolute atomic E-state index is 12.6. The lowest BCUT2D eigenvalue weighted by Gasteiger charge is -2.09. The molecule has 1 atom stereocenters. The topological polar surface area (TPSA) is 42.6 Å². The van der Waals surface area contributed by atoms with E-state index >= 15 is 0 Å². The Morgan fingerprint density at radius 1 is 1.24 bits per heavy atom. The van der Waals surface area contributed by atoms with Gasteiger partial charge in [0.05, 0.1) is 0 Å². The van der Waals surface area contributed by atoms with E-state index in [4.69, 9.17) is 20.8 Å². The van der Waals surface area contributed by atoms with E-state index in [-0.39, 0.29) is 17.6 Å². The molecular weight excluding hydrogens is 247 g/mol. The number of ether oxygens (including phenoxy) is 1. The van der Waals surface area contributed by atoms with Gasteiger partial charge in [-0.05, 0) is 48.0 Å². The van der Waals surface area contributed by atoms with Gasteiger partial charge in [0.15, 0.2) is 5.22 Å². The molecule has 1 N–H and O–H groups in total. The van der Waals surface area contributed by atoms with Crippen LogP contribution in [0.5, 0.6) is 5.75 Å². The number of aliphatic hydroxyl groups excluding tert-OH is 1. The van der Waals surface area contributed by atoms with E-state index in [0.717, 1.165) is 0 Å². The van der Waals surface area contributed by atoms with Gasteiger partial charge in [-0.1, -0.05) is 0 Å². The van der Waals surface area contributed by atoms with Crippen LogP contribution in [0.2, 0.25) is 5.22 Å². The third-order valence-electron chi connectivity index (χ3n) is 2.14. The van der Waals surface area contributed by atoms with Crippen molar-refractivity contribution in [2.75, 3.05) is 6.61 Å². The van der Waals surface area contributed by atoms with Crippen LogP contribution in [-0.4, -0.2) is 11.7 Å². The maximum Gasteiger partial charge on any atom is 0.193 e. The summed E-state index contributed by atoms with van der Waals surface area (Å²) in [4.78, 5) is 0. The van der Waals surface area contributed by atoms with Crippen molar-refractivity contribution in [1.82, 2.24) is 0 Å². The molecule has 0 fully saturated rings. The average molecular weight is 257 g/mol. The Labute approximate surface area is 102 Å². The van der Waals surface area contributed by atoms with Gasteiger partial charge in [-0.3, -0.25) is 0 Å². The van der Waals surface area contributed by atoms with E-state index in [1.54, 1.807) is 6.07 Å². The molecule has 0 radical (unpaired) electrons. The standard InChI is InChI=1S/C12H10ClFO3/c13-12-6-5-11(17-12)10(15)7-16-9-3-1-8(14)2-4-9/h1-6,10,15H,7H2. The molecule has 0 saturated heterocycles. The maximum atomic E-state index is 12.6. The van der Waals surface area contributed by atoms with Crippen LogP contribution in [0.3, 0.4) is 0 Å². The van der Waals surface area contributed by atoms with Gasteiger partial charge in [-0.15, -0.1) is 0 Å². The Hall–Kier alpha value is -1.52. The van der Waals surface area contributed by atoms with Crippen molar-refractivity contribution in [3.63, 3.8) is 0 Å². The fourth-order valence-electron chi connectivity index (χ4n) is 1.30. The van der Waals surface area contributed by atoms with Crippen molar-refractivity contribution < 1.29 is 18.7 Å². The highest BCUT2D eigenvalue weighted by Gasteiger charge is 2.12. The second-order valence-electron chi connectivity index (χ2n) is 3.42. The highest BCUT2D eigenvalue weighted by Crippen LogP contribution is 2.21. The minimum atomic E-state index is -0.910. The van der Waals surface area contributed by atoms with E-state index in [2.05, 4.69) is 0 Å². The molecule has 0 spiro atoms. The quantitative estimate of drug-likeness (QED) is 0.914. The molecule has 1 aromatic carbocycles. The molecular formula is C12H10ClFO3. The highest BCUT2D eigenvalue weighted by atomic mass is 35.5. The number of furan rings is 1. The van der Waals surface area contributed by atoms with Crippen LogP contribution < -0.4 is 4.74 Å². The summed E-state index contributed by atoms with van der Waals surface area (Å²) < 4.78 is 22.9. The Morgan fingerprint density at radius 3 is 2.53 bits per heavy atom. The predicted octanol–water partition coefficient (Wildman–Crippen LogP) is 3.18. The lowest BCUT2D eigenvalue weighted by Crippen LogP contribution is -2.08. The van der Waals surface area contributed by atoms with Gasteiger partial charge in [-0.25, -0.2) is 4.39 Å². The van der Waals surface area contributed by atoms with E-state index in [0.29, 0.717) is 11.5 Å². The summed E-state index contributed by atoms with van der Waals surface area (Å²) in [6, 6.07) is 8.64. The molecule has 3 nitrogen and oxygen atoms in total. The van der Waals surface area contributed by atoms with Crippen molar-refractivity contribution in [2.24, 2.45) is 0 Å². The lowest BCUT2D eigenvalue weighted by atomic mass is 10.3. The van der Waals surface area contributed by atoms with Crippen LogP contribution in [0.4, 0.5) is 4.39 Å². The Bertz CT molecular complexity index is 481. The van der Waals surface area contributed by atoms with Gasteiger partial charge in [0.25, 0.3) is 0 Å². The average Bonchev–Trinajstić information content (AvgIpc) is 2.75. The van der Waals surface area contributed by atoms with Crippen molar-refractivity contribution >= 4 is 11.6 Å². The molecule has 2 rings (SSSR count). The van der Waals surface area contributed by atoms with Gasteiger partial charge in [0, 0.05) is 0 Å². The summed E-state index contributed by atoms with van der Waals surface area (Å²) in [6.45, 7) is 0.00940. The monoisotopic (exact) mass is 256 g/mol. The number of halogens is 2. The SMILES string of the molecule is OC(COc1ccc(F)cc1)c1ccc(Cl)o1. The molecule has 90 valence electrons. The van der Waals surface area contributed by atoms with Crippen molar-refractivity contribution in [3.05, 3.63) is 53.2 Å². The number of rotatable bonds is 4. The second-order valence-corrected chi connectivity index (χ2v) is 3.80. The summed E-state index contributed by atoms with van der Waals surface area (Å²) >= 11 is 5.58. The largest absolute Gasteiger partial charge is 0.490 e. The first-order chi connectivity index (χ1) is 8.15. The molecule has 17 heavy (non-hydrogen) atoms. The molecule has 0 aliphatic heterocycles. The fraction of sp³-hybridized carbons (Fsp3) is 0.167. The molecule has 0 aliphatic rings. The first kappa shape index (κ1) is 12.0. The zero-order chi connectivity index (χ0) is 12.3. The second kappa shape index (κ2) is 5.21. The lowest BCUT2D eigenvalue weighted by molar-refractivity contribution is 0.0889. The fourth-order valence-corrected chi connectivity index (χ4v) is 1.45. The summed E-state index contributed by atoms with van der Waals surface area (Å²) in [5.74, 6) is 0.468. The Balaban J connectivity index is 1.92. The van der Waals surface area contributed by atoms with Crippen molar-refractivity contribution in [3.8, 4) is 5.75 Å². The first-order valence-electron chi connectivity index (χ1n) is 4.97. The molecule has 0 bridgehead atoms. The third kappa shape index (κ3) is 3.22. The predicted molar refractivity (Wildman–Crippen MR) is 60.6 cm³/mol. The minimum absolute atomic E-state index is 0.00940. The Kier molecular flexibility index (Phi) is 3.66. The molecule has 2 aromatic rings. The van der Waals surface area contributed by atoms with Gasteiger partial charge >= 0.3 is 0 Å². The molecule has 1 heterocycles. The van der Waals surface area contributed by atoms with E-state index in [9.17, 15) is 9.50 Å². The van der Waals surface area contributed by atoms with E-state index < -0.39 is 6.10 Å². The van der Waals surface area contributed by atoms with Crippen LogP contribution in [0.15, 0.2) is 40.8 Å². The molecule has 1 aromatic heterocycles. The van der Waals surface area contributed by atoms with E-state index in [1.165, 1.54) is 30.3 Å². The van der Waals surface area contributed by atoms with Gasteiger partial charge < -0.3 is 14.3 Å². The number of aliphatic hydroxyl groups is 1. The zero-order valence-electron chi connectivity index (χ0n) is 8.77. The highest BCUT2D eigenvalue weighted by molar-refractivity contribution is 6.28. The molecule has 5 heteroatoms.